The van der Waals surface area contributed by atoms with Gasteiger partial charge in [-0.1, -0.05) is 126 Å². The zero-order valence-corrected chi connectivity index (χ0v) is 29.1. The van der Waals surface area contributed by atoms with Crippen molar-refractivity contribution in [2.24, 2.45) is 0 Å². The number of pyridine rings is 1. The predicted molar refractivity (Wildman–Crippen MR) is 204 cm³/mol. The third kappa shape index (κ3) is 5.82. The minimum Gasteiger partial charge on any atom is -0.507 e. The lowest BCUT2D eigenvalue weighted by atomic mass is 9.74. The topological polar surface area (TPSA) is 50.9 Å². The highest BCUT2D eigenvalue weighted by Gasteiger charge is 2.29. The molecule has 5 aromatic carbocycles. The molecule has 2 aromatic heterocycles. The van der Waals surface area contributed by atoms with Crippen molar-refractivity contribution in [3.05, 3.63) is 156 Å². The van der Waals surface area contributed by atoms with E-state index in [0.29, 0.717) is 5.92 Å². The van der Waals surface area contributed by atoms with Crippen LogP contribution in [0.4, 0.5) is 0 Å². The van der Waals surface area contributed by atoms with Crippen molar-refractivity contribution in [3.8, 4) is 45.2 Å². The van der Waals surface area contributed by atoms with Gasteiger partial charge in [0.05, 0.1) is 22.3 Å². The summed E-state index contributed by atoms with van der Waals surface area (Å²) in [7, 11) is 0. The fraction of sp³-hybridized carbons (Fsp3) is 0.200. The summed E-state index contributed by atoms with van der Waals surface area (Å²) in [5.41, 5.74) is 12.0. The lowest BCUT2D eigenvalue weighted by Gasteiger charge is -2.29. The van der Waals surface area contributed by atoms with Gasteiger partial charge >= 0.3 is 0 Å². The molecule has 0 radical (unpaired) electrons. The van der Waals surface area contributed by atoms with Gasteiger partial charge in [-0.2, -0.15) is 0 Å². The zero-order chi connectivity index (χ0) is 34.3. The largest absolute Gasteiger partial charge is 0.507 e. The summed E-state index contributed by atoms with van der Waals surface area (Å²) in [6.07, 6.45) is 1.84. The summed E-state index contributed by atoms with van der Waals surface area (Å²) < 4.78 is 2.20. The molecule has 0 saturated heterocycles. The number of phenolic OH excluding ortho intramolecular Hbond substituents is 1. The molecule has 244 valence electrons. The van der Waals surface area contributed by atoms with Gasteiger partial charge in [0.2, 0.25) is 0 Å². The molecule has 7 aromatic rings. The van der Waals surface area contributed by atoms with Gasteiger partial charge in [0.1, 0.15) is 11.6 Å². The number of nitrogens with zero attached hydrogens (tertiary/aromatic N) is 3. The van der Waals surface area contributed by atoms with E-state index in [4.69, 9.17) is 9.97 Å². The van der Waals surface area contributed by atoms with Gasteiger partial charge in [0, 0.05) is 28.4 Å². The third-order valence-corrected chi connectivity index (χ3v) is 9.83. The lowest BCUT2D eigenvalue weighted by molar-refractivity contribution is 0.466. The Balaban J connectivity index is 1.57. The molecule has 2 heterocycles. The molecule has 0 aliphatic rings. The average Bonchev–Trinajstić information content (AvgIpc) is 3.52. The second-order valence-electron chi connectivity index (χ2n) is 14.1. The first-order valence-corrected chi connectivity index (χ1v) is 17.2. The molecule has 0 aliphatic carbocycles. The van der Waals surface area contributed by atoms with Gasteiger partial charge < -0.3 is 5.11 Å². The van der Waals surface area contributed by atoms with Gasteiger partial charge in [-0.25, -0.2) is 4.98 Å². The Morgan fingerprint density at radius 3 is 2.04 bits per heavy atom. The van der Waals surface area contributed by atoms with E-state index >= 15 is 0 Å². The van der Waals surface area contributed by atoms with Crippen LogP contribution in [0.15, 0.2) is 134 Å². The number of imidazole rings is 1. The normalized spacial score (nSPS) is 11.9. The van der Waals surface area contributed by atoms with Gasteiger partial charge in [-0.3, -0.25) is 9.55 Å². The number of aromatic nitrogens is 3. The van der Waals surface area contributed by atoms with E-state index in [1.54, 1.807) is 0 Å². The zero-order valence-electron chi connectivity index (χ0n) is 29.1. The van der Waals surface area contributed by atoms with Gasteiger partial charge in [0.25, 0.3) is 0 Å². The van der Waals surface area contributed by atoms with Gasteiger partial charge in [0.15, 0.2) is 0 Å². The lowest BCUT2D eigenvalue weighted by Crippen LogP contribution is -2.20. The average molecular weight is 642 g/mol. The molecule has 0 fully saturated rings. The second-order valence-corrected chi connectivity index (χ2v) is 14.1. The molecule has 4 heteroatoms. The Bertz CT molecular complexity index is 2250. The van der Waals surface area contributed by atoms with Crippen molar-refractivity contribution in [2.45, 2.75) is 58.8 Å². The highest BCUT2D eigenvalue weighted by atomic mass is 16.3. The maximum Gasteiger partial charge on any atom is 0.149 e. The number of hydrogen-bond donors (Lipinski definition) is 1. The van der Waals surface area contributed by atoms with E-state index in [1.807, 2.05) is 24.4 Å². The molecule has 0 atom stereocenters. The van der Waals surface area contributed by atoms with Crippen LogP contribution in [0.5, 0.6) is 5.75 Å². The molecule has 0 aliphatic heterocycles. The van der Waals surface area contributed by atoms with E-state index in [-0.39, 0.29) is 17.1 Å². The fourth-order valence-electron chi connectivity index (χ4n) is 6.97. The highest BCUT2D eigenvalue weighted by molar-refractivity contribution is 5.97. The number of aromatic hydroxyl groups is 1. The van der Waals surface area contributed by atoms with Crippen LogP contribution in [0.1, 0.15) is 75.6 Å². The quantitative estimate of drug-likeness (QED) is 0.180. The number of phenols is 1. The fourth-order valence-corrected chi connectivity index (χ4v) is 6.97. The van der Waals surface area contributed by atoms with Crippen molar-refractivity contribution >= 4 is 11.0 Å². The smallest absolute Gasteiger partial charge is 0.149 e. The monoisotopic (exact) mass is 641 g/mol. The summed E-state index contributed by atoms with van der Waals surface area (Å²) in [6.45, 7) is 13.2. The Morgan fingerprint density at radius 1 is 0.653 bits per heavy atom. The van der Waals surface area contributed by atoms with Crippen LogP contribution in [0.3, 0.4) is 0 Å². The SMILES string of the molecule is CC(C)c1cc(-c2nc3c(-c4cc(-c5ccccn5)ccc4C(C)(C)c4ccccc4)cccc3n2-c2ccccc2)c(O)c(C(C)C)c1. The maximum atomic E-state index is 11.9. The first-order valence-electron chi connectivity index (χ1n) is 17.2. The highest BCUT2D eigenvalue weighted by Crippen LogP contribution is 2.45. The van der Waals surface area contributed by atoms with Crippen molar-refractivity contribution < 1.29 is 5.11 Å². The molecule has 0 spiro atoms. The van der Waals surface area contributed by atoms with Crippen molar-refractivity contribution in [2.75, 3.05) is 0 Å². The van der Waals surface area contributed by atoms with Crippen LogP contribution in [0.25, 0.3) is 50.5 Å². The molecule has 1 N–H and O–H groups in total. The molecular formula is C45H43N3O. The Labute approximate surface area is 289 Å². The third-order valence-electron chi connectivity index (χ3n) is 9.83. The minimum absolute atomic E-state index is 0.152. The summed E-state index contributed by atoms with van der Waals surface area (Å²) >= 11 is 0. The maximum absolute atomic E-state index is 11.9. The van der Waals surface area contributed by atoms with Crippen LogP contribution >= 0.6 is 0 Å². The van der Waals surface area contributed by atoms with Crippen LogP contribution in [0.2, 0.25) is 0 Å². The molecule has 7 rings (SSSR count). The molecule has 0 amide bonds. The molecule has 0 saturated carbocycles. The standard InChI is InChI=1S/C45H43N3O/c1-29(2)32-27-36(30(3)4)43(49)38(28-32)44-47-42-35(20-15-22-41(42)48(44)34-18-11-8-12-19-34)37-26-31(40-21-13-14-25-46-40)23-24-39(37)45(5,6)33-16-9-7-10-17-33/h7-30,49H,1-6H3. The predicted octanol–water partition coefficient (Wildman–Crippen LogP) is 11.7. The first-order chi connectivity index (χ1) is 23.6. The molecule has 49 heavy (non-hydrogen) atoms. The summed E-state index contributed by atoms with van der Waals surface area (Å²) in [5, 5.41) is 11.9. The Morgan fingerprint density at radius 2 is 1.37 bits per heavy atom. The molecular weight excluding hydrogens is 599 g/mol. The first kappa shape index (κ1) is 32.1. The van der Waals surface area contributed by atoms with Crippen molar-refractivity contribution in [1.82, 2.24) is 14.5 Å². The van der Waals surface area contributed by atoms with Crippen molar-refractivity contribution in [3.63, 3.8) is 0 Å². The number of rotatable bonds is 8. The Kier molecular flexibility index (Phi) is 8.42. The van der Waals surface area contributed by atoms with Crippen molar-refractivity contribution in [1.29, 1.82) is 0 Å². The minimum atomic E-state index is -0.303. The molecule has 0 unspecified atom stereocenters. The van der Waals surface area contributed by atoms with Gasteiger partial charge in [-0.15, -0.1) is 0 Å². The van der Waals surface area contributed by atoms with E-state index in [9.17, 15) is 5.11 Å². The van der Waals surface area contributed by atoms with Crippen LogP contribution in [-0.4, -0.2) is 19.6 Å². The van der Waals surface area contributed by atoms with E-state index in [2.05, 4.69) is 155 Å². The Hall–Kier alpha value is -5.48. The molecule has 4 nitrogen and oxygen atoms in total. The van der Waals surface area contributed by atoms with Crippen LogP contribution < -0.4 is 0 Å². The summed E-state index contributed by atoms with van der Waals surface area (Å²) in [6, 6.07) is 44.5. The molecule has 0 bridgehead atoms. The van der Waals surface area contributed by atoms with E-state index in [0.717, 1.165) is 56.1 Å². The summed E-state index contributed by atoms with van der Waals surface area (Å²) in [4.78, 5) is 10.2. The number of benzene rings is 5. The number of fused-ring (bicyclic) bond motifs is 1. The number of para-hydroxylation sites is 2. The summed E-state index contributed by atoms with van der Waals surface area (Å²) in [5.74, 6) is 1.45. The van der Waals surface area contributed by atoms with E-state index < -0.39 is 0 Å². The van der Waals surface area contributed by atoms with Crippen LogP contribution in [0, 0.1) is 0 Å². The second kappa shape index (κ2) is 12.9. The van der Waals surface area contributed by atoms with Gasteiger partial charge in [-0.05, 0) is 82.1 Å². The number of hydrogen-bond acceptors (Lipinski definition) is 3. The van der Waals surface area contributed by atoms with Crippen LogP contribution in [-0.2, 0) is 5.41 Å². The van der Waals surface area contributed by atoms with E-state index in [1.165, 1.54) is 16.7 Å².